The average molecular weight is 380 g/mol. The van der Waals surface area contributed by atoms with Crippen LogP contribution < -0.4 is 5.32 Å². The number of fused-ring (bicyclic) bond motifs is 1. The maximum atomic E-state index is 13.5. The summed E-state index contributed by atoms with van der Waals surface area (Å²) < 4.78 is 18.8. The second-order valence-corrected chi connectivity index (χ2v) is 6.96. The molecular formula is C21H21FN4O2. The maximum absolute atomic E-state index is 13.5. The SMILES string of the molecule is C[C@H](NC(=O)N1CCc2ccc(F)cc2C1)c1noc(Cc2ccccc2)n1. The molecule has 2 amide bonds. The van der Waals surface area contributed by atoms with Gasteiger partial charge in [-0.2, -0.15) is 4.98 Å². The third-order valence-corrected chi connectivity index (χ3v) is 4.88. The molecule has 28 heavy (non-hydrogen) atoms. The number of hydrogen-bond donors (Lipinski definition) is 1. The Kier molecular flexibility index (Phi) is 5.06. The van der Waals surface area contributed by atoms with Crippen molar-refractivity contribution in [2.24, 2.45) is 0 Å². The highest BCUT2D eigenvalue weighted by molar-refractivity contribution is 5.75. The predicted octanol–water partition coefficient (Wildman–Crippen LogP) is 3.63. The third kappa shape index (κ3) is 4.03. The van der Waals surface area contributed by atoms with Crippen LogP contribution in [0.5, 0.6) is 0 Å². The van der Waals surface area contributed by atoms with Gasteiger partial charge in [0.25, 0.3) is 0 Å². The van der Waals surface area contributed by atoms with Crippen LogP contribution in [0, 0.1) is 5.82 Å². The Morgan fingerprint density at radius 2 is 2.07 bits per heavy atom. The number of urea groups is 1. The summed E-state index contributed by atoms with van der Waals surface area (Å²) in [4.78, 5) is 18.7. The monoisotopic (exact) mass is 380 g/mol. The molecule has 0 saturated heterocycles. The lowest BCUT2D eigenvalue weighted by Gasteiger charge is -2.29. The summed E-state index contributed by atoms with van der Waals surface area (Å²) in [6.45, 7) is 2.78. The average Bonchev–Trinajstić information content (AvgIpc) is 3.16. The van der Waals surface area contributed by atoms with Gasteiger partial charge < -0.3 is 14.7 Å². The lowest BCUT2D eigenvalue weighted by atomic mass is 10.00. The van der Waals surface area contributed by atoms with Crippen molar-refractivity contribution in [3.05, 3.63) is 82.8 Å². The normalized spacial score (nSPS) is 14.4. The number of aromatic nitrogens is 2. The smallest absolute Gasteiger partial charge is 0.318 e. The van der Waals surface area contributed by atoms with Crippen molar-refractivity contribution in [2.45, 2.75) is 32.4 Å². The maximum Gasteiger partial charge on any atom is 0.318 e. The molecule has 0 saturated carbocycles. The molecular weight excluding hydrogens is 359 g/mol. The fourth-order valence-corrected chi connectivity index (χ4v) is 3.33. The van der Waals surface area contributed by atoms with E-state index in [1.54, 1.807) is 11.0 Å². The number of nitrogens with one attached hydrogen (secondary N) is 1. The van der Waals surface area contributed by atoms with Crippen LogP contribution in [0.1, 0.15) is 41.4 Å². The van der Waals surface area contributed by atoms with Crippen molar-refractivity contribution < 1.29 is 13.7 Å². The zero-order chi connectivity index (χ0) is 19.5. The van der Waals surface area contributed by atoms with Gasteiger partial charge in [-0.1, -0.05) is 41.6 Å². The minimum Gasteiger partial charge on any atom is -0.339 e. The molecule has 0 aliphatic carbocycles. The van der Waals surface area contributed by atoms with E-state index in [0.717, 1.165) is 16.7 Å². The van der Waals surface area contributed by atoms with Crippen LogP contribution in [0.4, 0.5) is 9.18 Å². The van der Waals surface area contributed by atoms with Crippen molar-refractivity contribution in [3.63, 3.8) is 0 Å². The Hall–Kier alpha value is -3.22. The molecule has 0 bridgehead atoms. The van der Waals surface area contributed by atoms with Gasteiger partial charge in [0.15, 0.2) is 5.82 Å². The number of benzene rings is 2. The van der Waals surface area contributed by atoms with Crippen molar-refractivity contribution in [2.75, 3.05) is 6.54 Å². The first-order chi connectivity index (χ1) is 13.6. The number of carbonyl (C=O) groups is 1. The Morgan fingerprint density at radius 1 is 1.25 bits per heavy atom. The van der Waals surface area contributed by atoms with Crippen LogP contribution in [0.25, 0.3) is 0 Å². The van der Waals surface area contributed by atoms with Gasteiger partial charge in [0.2, 0.25) is 5.89 Å². The molecule has 144 valence electrons. The first kappa shape index (κ1) is 18.2. The van der Waals surface area contributed by atoms with Gasteiger partial charge in [-0.25, -0.2) is 9.18 Å². The minimum atomic E-state index is -0.394. The molecule has 1 aliphatic heterocycles. The highest BCUT2D eigenvalue weighted by atomic mass is 19.1. The van der Waals surface area contributed by atoms with Crippen molar-refractivity contribution in [1.82, 2.24) is 20.4 Å². The zero-order valence-corrected chi connectivity index (χ0v) is 15.6. The van der Waals surface area contributed by atoms with Gasteiger partial charge in [0, 0.05) is 13.1 Å². The molecule has 1 atom stereocenters. The highest BCUT2D eigenvalue weighted by Gasteiger charge is 2.24. The molecule has 6 nitrogen and oxygen atoms in total. The van der Waals surface area contributed by atoms with E-state index in [0.29, 0.717) is 37.6 Å². The molecule has 1 aromatic heterocycles. The first-order valence-electron chi connectivity index (χ1n) is 9.27. The predicted molar refractivity (Wildman–Crippen MR) is 101 cm³/mol. The van der Waals surface area contributed by atoms with E-state index >= 15 is 0 Å². The standard InChI is InChI=1S/C21H21FN4O2/c1-14(20-24-19(28-25-20)11-15-5-3-2-4-6-15)23-21(27)26-10-9-16-7-8-18(22)12-17(16)13-26/h2-8,12,14H,9-11,13H2,1H3,(H,23,27)/t14-/m0/s1. The summed E-state index contributed by atoms with van der Waals surface area (Å²) in [6, 6.07) is 14.0. The Balaban J connectivity index is 1.37. The van der Waals surface area contributed by atoms with Gasteiger partial charge in [0.05, 0.1) is 12.5 Å². The highest BCUT2D eigenvalue weighted by Crippen LogP contribution is 2.20. The Bertz CT molecular complexity index is 974. The number of carbonyl (C=O) groups excluding carboxylic acids is 1. The molecule has 0 fully saturated rings. The van der Waals surface area contributed by atoms with E-state index in [-0.39, 0.29) is 11.8 Å². The molecule has 2 aromatic carbocycles. The first-order valence-corrected chi connectivity index (χ1v) is 9.27. The van der Waals surface area contributed by atoms with Crippen LogP contribution in [-0.2, 0) is 19.4 Å². The van der Waals surface area contributed by atoms with Gasteiger partial charge in [0.1, 0.15) is 5.82 Å². The molecule has 2 heterocycles. The quantitative estimate of drug-likeness (QED) is 0.750. The molecule has 1 N–H and O–H groups in total. The fraction of sp³-hybridized carbons (Fsp3) is 0.286. The second-order valence-electron chi connectivity index (χ2n) is 6.96. The molecule has 4 rings (SSSR count). The number of halogens is 1. The second kappa shape index (κ2) is 7.80. The van der Waals surface area contributed by atoms with Crippen LogP contribution in [0.2, 0.25) is 0 Å². The van der Waals surface area contributed by atoms with Crippen LogP contribution >= 0.6 is 0 Å². The third-order valence-electron chi connectivity index (χ3n) is 4.88. The van der Waals surface area contributed by atoms with Crippen LogP contribution in [0.15, 0.2) is 53.1 Å². The number of amides is 2. The topological polar surface area (TPSA) is 71.3 Å². The largest absolute Gasteiger partial charge is 0.339 e. The summed E-state index contributed by atoms with van der Waals surface area (Å²) in [5.74, 6) is 0.652. The molecule has 0 radical (unpaired) electrons. The summed E-state index contributed by atoms with van der Waals surface area (Å²) >= 11 is 0. The molecule has 7 heteroatoms. The number of nitrogens with zero attached hydrogens (tertiary/aromatic N) is 3. The molecule has 0 spiro atoms. The lowest BCUT2D eigenvalue weighted by Crippen LogP contribution is -2.43. The van der Waals surface area contributed by atoms with E-state index in [9.17, 15) is 9.18 Å². The summed E-state index contributed by atoms with van der Waals surface area (Å²) in [7, 11) is 0. The summed E-state index contributed by atoms with van der Waals surface area (Å²) in [6.07, 6.45) is 1.25. The zero-order valence-electron chi connectivity index (χ0n) is 15.6. The molecule has 1 aliphatic rings. The number of rotatable bonds is 4. The van der Waals surface area contributed by atoms with Crippen LogP contribution in [0.3, 0.4) is 0 Å². The van der Waals surface area contributed by atoms with E-state index in [2.05, 4.69) is 15.5 Å². The number of hydrogen-bond acceptors (Lipinski definition) is 4. The van der Waals surface area contributed by atoms with Gasteiger partial charge in [-0.15, -0.1) is 0 Å². The van der Waals surface area contributed by atoms with E-state index in [4.69, 9.17) is 4.52 Å². The summed E-state index contributed by atoms with van der Waals surface area (Å²) in [5.41, 5.74) is 3.01. The van der Waals surface area contributed by atoms with E-state index in [1.807, 2.05) is 37.3 Å². The van der Waals surface area contributed by atoms with E-state index < -0.39 is 6.04 Å². The Labute approximate surface area is 162 Å². The van der Waals surface area contributed by atoms with Gasteiger partial charge in [-0.05, 0) is 42.2 Å². The van der Waals surface area contributed by atoms with Crippen molar-refractivity contribution in [3.8, 4) is 0 Å². The lowest BCUT2D eigenvalue weighted by molar-refractivity contribution is 0.188. The van der Waals surface area contributed by atoms with Crippen molar-refractivity contribution >= 4 is 6.03 Å². The van der Waals surface area contributed by atoms with Gasteiger partial charge in [-0.3, -0.25) is 0 Å². The van der Waals surface area contributed by atoms with Gasteiger partial charge >= 0.3 is 6.03 Å². The summed E-state index contributed by atoms with van der Waals surface area (Å²) in [5, 5.41) is 6.89. The molecule has 0 unspecified atom stereocenters. The van der Waals surface area contributed by atoms with Crippen molar-refractivity contribution in [1.29, 1.82) is 0 Å². The Morgan fingerprint density at radius 3 is 2.89 bits per heavy atom. The molecule has 3 aromatic rings. The minimum absolute atomic E-state index is 0.225. The fourth-order valence-electron chi connectivity index (χ4n) is 3.33. The van der Waals surface area contributed by atoms with Crippen LogP contribution in [-0.4, -0.2) is 27.6 Å². The van der Waals surface area contributed by atoms with E-state index in [1.165, 1.54) is 12.1 Å².